The molecule has 0 unspecified atom stereocenters. The van der Waals surface area contributed by atoms with Crippen LogP contribution in [0.1, 0.15) is 0 Å². The molecule has 0 spiro atoms. The van der Waals surface area contributed by atoms with Crippen molar-refractivity contribution in [2.45, 2.75) is 0 Å². The van der Waals surface area contributed by atoms with E-state index < -0.39 is 0 Å². The van der Waals surface area contributed by atoms with Crippen molar-refractivity contribution in [2.24, 2.45) is 0 Å². The Balaban J connectivity index is 1.82. The third-order valence-electron chi connectivity index (χ3n) is 3.34. The fraction of sp³-hybridized carbons (Fsp3) is 0.500. The lowest BCUT2D eigenvalue weighted by Crippen LogP contribution is -2.48. The van der Waals surface area contributed by atoms with Gasteiger partial charge in [0, 0.05) is 45.0 Å². The van der Waals surface area contributed by atoms with Gasteiger partial charge in [-0.05, 0) is 19.2 Å². The molecule has 1 aliphatic heterocycles. The summed E-state index contributed by atoms with van der Waals surface area (Å²) in [6.45, 7) is 3.54. The van der Waals surface area contributed by atoms with Gasteiger partial charge in [0.1, 0.15) is 5.75 Å². The molecule has 0 bridgehead atoms. The minimum Gasteiger partial charge on any atom is -0.484 e. The summed E-state index contributed by atoms with van der Waals surface area (Å²) in [4.78, 5) is 16.1. The number of likely N-dealkylation sites (N-methyl/N-ethyl adjacent to an activating group) is 1. The number of piperazine rings is 1. The van der Waals surface area contributed by atoms with Crippen LogP contribution in [0.3, 0.4) is 0 Å². The fourth-order valence-electron chi connectivity index (χ4n) is 2.03. The summed E-state index contributed by atoms with van der Waals surface area (Å²) < 4.78 is 5.55. The first-order valence-corrected chi connectivity index (χ1v) is 6.56. The standard InChI is InChI=1S/C14H21N3O2/c1-15-12-4-3-5-13(10-12)19-11-14(18)17-8-6-16(2)7-9-17/h3-5,10,15H,6-9,11H2,1-2H3. The second kappa shape index (κ2) is 6.43. The molecular formula is C14H21N3O2. The van der Waals surface area contributed by atoms with Crippen LogP contribution in [0, 0.1) is 0 Å². The van der Waals surface area contributed by atoms with Gasteiger partial charge in [0.15, 0.2) is 6.61 Å². The van der Waals surface area contributed by atoms with E-state index in [1.807, 2.05) is 36.2 Å². The Hall–Kier alpha value is -1.75. The molecule has 0 atom stereocenters. The first-order valence-electron chi connectivity index (χ1n) is 6.56. The highest BCUT2D eigenvalue weighted by Crippen LogP contribution is 2.16. The van der Waals surface area contributed by atoms with Crippen molar-refractivity contribution in [2.75, 3.05) is 52.2 Å². The highest BCUT2D eigenvalue weighted by molar-refractivity contribution is 5.78. The van der Waals surface area contributed by atoms with Gasteiger partial charge in [0.05, 0.1) is 0 Å². The number of carbonyl (C=O) groups excluding carboxylic acids is 1. The Morgan fingerprint density at radius 2 is 2.05 bits per heavy atom. The van der Waals surface area contributed by atoms with E-state index in [1.54, 1.807) is 0 Å². The molecule has 1 fully saturated rings. The van der Waals surface area contributed by atoms with Gasteiger partial charge in [0.2, 0.25) is 0 Å². The van der Waals surface area contributed by atoms with Crippen molar-refractivity contribution >= 4 is 11.6 Å². The summed E-state index contributed by atoms with van der Waals surface area (Å²) in [6.07, 6.45) is 0. The van der Waals surface area contributed by atoms with E-state index in [4.69, 9.17) is 4.74 Å². The number of benzene rings is 1. The molecule has 0 radical (unpaired) electrons. The lowest BCUT2D eigenvalue weighted by Gasteiger charge is -2.32. The Kier molecular flexibility index (Phi) is 4.63. The fourth-order valence-corrected chi connectivity index (χ4v) is 2.03. The Bertz CT molecular complexity index is 428. The van der Waals surface area contributed by atoms with E-state index in [1.165, 1.54) is 0 Å². The smallest absolute Gasteiger partial charge is 0.260 e. The van der Waals surface area contributed by atoms with Crippen LogP contribution in [0.25, 0.3) is 0 Å². The third kappa shape index (κ3) is 3.86. The highest BCUT2D eigenvalue weighted by atomic mass is 16.5. The first-order chi connectivity index (χ1) is 9.19. The maximum absolute atomic E-state index is 12.0. The van der Waals surface area contributed by atoms with E-state index in [-0.39, 0.29) is 12.5 Å². The summed E-state index contributed by atoms with van der Waals surface area (Å²) in [5, 5.41) is 3.04. The van der Waals surface area contributed by atoms with E-state index in [9.17, 15) is 4.79 Å². The molecule has 0 aromatic heterocycles. The number of amides is 1. The SMILES string of the molecule is CNc1cccc(OCC(=O)N2CCN(C)CC2)c1. The van der Waals surface area contributed by atoms with Crippen molar-refractivity contribution in [3.8, 4) is 5.75 Å². The zero-order chi connectivity index (χ0) is 13.7. The average Bonchev–Trinajstić information content (AvgIpc) is 2.46. The molecule has 1 saturated heterocycles. The van der Waals surface area contributed by atoms with Crippen LogP contribution in [0.4, 0.5) is 5.69 Å². The molecule has 2 rings (SSSR count). The molecule has 1 heterocycles. The molecular weight excluding hydrogens is 242 g/mol. The minimum absolute atomic E-state index is 0.0583. The number of hydrogen-bond donors (Lipinski definition) is 1. The maximum Gasteiger partial charge on any atom is 0.260 e. The maximum atomic E-state index is 12.0. The average molecular weight is 263 g/mol. The van der Waals surface area contributed by atoms with Crippen molar-refractivity contribution in [1.82, 2.24) is 9.80 Å². The van der Waals surface area contributed by atoms with Gasteiger partial charge in [-0.15, -0.1) is 0 Å². The molecule has 1 amide bonds. The van der Waals surface area contributed by atoms with E-state index in [0.717, 1.165) is 31.9 Å². The Morgan fingerprint density at radius 3 is 2.74 bits per heavy atom. The molecule has 5 heteroatoms. The topological polar surface area (TPSA) is 44.8 Å². The summed E-state index contributed by atoms with van der Waals surface area (Å²) in [5.41, 5.74) is 0.976. The van der Waals surface area contributed by atoms with Gasteiger partial charge in [-0.25, -0.2) is 0 Å². The zero-order valence-corrected chi connectivity index (χ0v) is 11.6. The number of nitrogens with one attached hydrogen (secondary N) is 1. The molecule has 0 saturated carbocycles. The molecule has 0 aliphatic carbocycles. The van der Waals surface area contributed by atoms with Crippen LogP contribution in [0.5, 0.6) is 5.75 Å². The first kappa shape index (κ1) is 13.7. The summed E-state index contributed by atoms with van der Waals surface area (Å²) in [5.74, 6) is 0.775. The summed E-state index contributed by atoms with van der Waals surface area (Å²) in [6, 6.07) is 7.60. The number of nitrogens with zero attached hydrogens (tertiary/aromatic N) is 2. The van der Waals surface area contributed by atoms with Crippen molar-refractivity contribution < 1.29 is 9.53 Å². The van der Waals surface area contributed by atoms with Gasteiger partial charge in [0.25, 0.3) is 5.91 Å². The van der Waals surface area contributed by atoms with Gasteiger partial charge < -0.3 is 19.9 Å². The van der Waals surface area contributed by atoms with Gasteiger partial charge >= 0.3 is 0 Å². The van der Waals surface area contributed by atoms with E-state index in [2.05, 4.69) is 17.3 Å². The van der Waals surface area contributed by atoms with Crippen molar-refractivity contribution in [3.63, 3.8) is 0 Å². The number of carbonyl (C=O) groups is 1. The van der Waals surface area contributed by atoms with Crippen LogP contribution in [-0.2, 0) is 4.79 Å². The summed E-state index contributed by atoms with van der Waals surface area (Å²) in [7, 11) is 3.93. The van der Waals surface area contributed by atoms with Crippen molar-refractivity contribution in [3.05, 3.63) is 24.3 Å². The van der Waals surface area contributed by atoms with Crippen LogP contribution in [-0.4, -0.2) is 62.6 Å². The number of ether oxygens (including phenoxy) is 1. The van der Waals surface area contributed by atoms with Gasteiger partial charge in [-0.2, -0.15) is 0 Å². The second-order valence-corrected chi connectivity index (χ2v) is 4.75. The van der Waals surface area contributed by atoms with E-state index in [0.29, 0.717) is 5.75 Å². The van der Waals surface area contributed by atoms with Gasteiger partial charge in [-0.3, -0.25) is 4.79 Å². The quantitative estimate of drug-likeness (QED) is 0.876. The monoisotopic (exact) mass is 263 g/mol. The second-order valence-electron chi connectivity index (χ2n) is 4.75. The number of hydrogen-bond acceptors (Lipinski definition) is 4. The normalized spacial score (nSPS) is 16.2. The number of rotatable bonds is 4. The predicted octanol–water partition coefficient (Wildman–Crippen LogP) is 0.881. The van der Waals surface area contributed by atoms with Crippen LogP contribution < -0.4 is 10.1 Å². The molecule has 5 nitrogen and oxygen atoms in total. The predicted molar refractivity (Wildman–Crippen MR) is 75.6 cm³/mol. The van der Waals surface area contributed by atoms with Crippen LogP contribution in [0.15, 0.2) is 24.3 Å². The summed E-state index contributed by atoms with van der Waals surface area (Å²) >= 11 is 0. The highest BCUT2D eigenvalue weighted by Gasteiger charge is 2.19. The minimum atomic E-state index is 0.0583. The number of anilines is 1. The molecule has 1 N–H and O–H groups in total. The molecule has 1 aliphatic rings. The van der Waals surface area contributed by atoms with Crippen LogP contribution >= 0.6 is 0 Å². The van der Waals surface area contributed by atoms with Crippen molar-refractivity contribution in [1.29, 1.82) is 0 Å². The lowest BCUT2D eigenvalue weighted by molar-refractivity contribution is -0.134. The lowest BCUT2D eigenvalue weighted by atomic mass is 10.3. The van der Waals surface area contributed by atoms with E-state index >= 15 is 0 Å². The van der Waals surface area contributed by atoms with Gasteiger partial charge in [-0.1, -0.05) is 6.07 Å². The van der Waals surface area contributed by atoms with Crippen LogP contribution in [0.2, 0.25) is 0 Å². The molecule has 1 aromatic carbocycles. The molecule has 1 aromatic rings. The zero-order valence-electron chi connectivity index (χ0n) is 11.6. The molecule has 19 heavy (non-hydrogen) atoms. The third-order valence-corrected chi connectivity index (χ3v) is 3.34. The molecule has 104 valence electrons. The largest absolute Gasteiger partial charge is 0.484 e. The Labute approximate surface area is 114 Å². The Morgan fingerprint density at radius 1 is 1.32 bits per heavy atom.